The highest BCUT2D eigenvalue weighted by molar-refractivity contribution is 7.15. The number of nitrogens with one attached hydrogen (secondary N) is 1. The van der Waals surface area contributed by atoms with Crippen LogP contribution in [0.2, 0.25) is 0 Å². The Balaban J connectivity index is 1.69. The topological polar surface area (TPSA) is 37.3 Å². The van der Waals surface area contributed by atoms with Crippen LogP contribution in [0.3, 0.4) is 0 Å². The van der Waals surface area contributed by atoms with E-state index in [0.29, 0.717) is 5.56 Å². The number of halogens is 1. The summed E-state index contributed by atoms with van der Waals surface area (Å²) in [6.45, 7) is 2.27. The number of anilines is 1. The fraction of sp³-hybridized carbons (Fsp3) is 0.333. The smallest absolute Gasteiger partial charge is 0.203 e. The molecule has 0 spiro atoms. The predicted octanol–water partition coefficient (Wildman–Crippen LogP) is 3.85. The highest BCUT2D eigenvalue weighted by Crippen LogP contribution is 2.31. The van der Waals surface area contributed by atoms with Gasteiger partial charge in [0.15, 0.2) is 0 Å². The standard InChI is InChI=1S/C15H16FN3S/c1-10-6-7-13-14(8-10)20-15(18-13)19-17-9-11-4-2-3-5-12(11)16/h2-5,9-10H,6-8H2,1H3,(H,18,19). The molecule has 2 aromatic rings. The summed E-state index contributed by atoms with van der Waals surface area (Å²) >= 11 is 1.65. The second-order valence-corrected chi connectivity index (χ2v) is 6.21. The Morgan fingerprint density at radius 1 is 1.45 bits per heavy atom. The highest BCUT2D eigenvalue weighted by atomic mass is 32.1. The van der Waals surface area contributed by atoms with Crippen LogP contribution in [-0.2, 0) is 12.8 Å². The van der Waals surface area contributed by atoms with Crippen molar-refractivity contribution in [2.75, 3.05) is 5.43 Å². The summed E-state index contributed by atoms with van der Waals surface area (Å²) in [6.07, 6.45) is 4.84. The first-order chi connectivity index (χ1) is 9.72. The third kappa shape index (κ3) is 2.88. The third-order valence-electron chi connectivity index (χ3n) is 3.46. The molecule has 1 aliphatic rings. The molecule has 1 aromatic carbocycles. The number of thiazole rings is 1. The molecule has 5 heteroatoms. The fourth-order valence-electron chi connectivity index (χ4n) is 2.32. The van der Waals surface area contributed by atoms with Gasteiger partial charge in [0.05, 0.1) is 11.9 Å². The lowest BCUT2D eigenvalue weighted by Gasteiger charge is -2.15. The first-order valence-electron chi connectivity index (χ1n) is 6.74. The summed E-state index contributed by atoms with van der Waals surface area (Å²) < 4.78 is 13.4. The van der Waals surface area contributed by atoms with E-state index in [1.807, 2.05) is 0 Å². The number of rotatable bonds is 3. The summed E-state index contributed by atoms with van der Waals surface area (Å²) in [5.41, 5.74) is 4.56. The number of fused-ring (bicyclic) bond motifs is 1. The highest BCUT2D eigenvalue weighted by Gasteiger charge is 2.19. The van der Waals surface area contributed by atoms with Crippen molar-refractivity contribution in [3.05, 3.63) is 46.2 Å². The number of aryl methyl sites for hydroxylation is 1. The zero-order valence-electron chi connectivity index (χ0n) is 11.3. The Morgan fingerprint density at radius 3 is 3.15 bits per heavy atom. The quantitative estimate of drug-likeness (QED) is 0.688. The number of hydrogen-bond acceptors (Lipinski definition) is 4. The second kappa shape index (κ2) is 5.71. The maximum Gasteiger partial charge on any atom is 0.203 e. The largest absolute Gasteiger partial charge is 0.253 e. The molecule has 1 aromatic heterocycles. The molecule has 1 aliphatic carbocycles. The van der Waals surface area contributed by atoms with Gasteiger partial charge in [0.1, 0.15) is 5.82 Å². The summed E-state index contributed by atoms with van der Waals surface area (Å²) in [5, 5.41) is 4.86. The molecule has 0 amide bonds. The molecule has 1 heterocycles. The molecule has 0 aliphatic heterocycles. The predicted molar refractivity (Wildman–Crippen MR) is 80.9 cm³/mol. The van der Waals surface area contributed by atoms with Gasteiger partial charge in [0.25, 0.3) is 0 Å². The van der Waals surface area contributed by atoms with Crippen molar-refractivity contribution in [2.45, 2.75) is 26.2 Å². The van der Waals surface area contributed by atoms with Crippen LogP contribution in [0.5, 0.6) is 0 Å². The second-order valence-electron chi connectivity index (χ2n) is 5.13. The lowest BCUT2D eigenvalue weighted by atomic mass is 9.93. The van der Waals surface area contributed by atoms with Crippen molar-refractivity contribution in [1.29, 1.82) is 0 Å². The Labute approximate surface area is 121 Å². The van der Waals surface area contributed by atoms with E-state index >= 15 is 0 Å². The van der Waals surface area contributed by atoms with Gasteiger partial charge in [0.2, 0.25) is 5.13 Å². The molecule has 104 valence electrons. The summed E-state index contributed by atoms with van der Waals surface area (Å²) in [4.78, 5) is 5.89. The van der Waals surface area contributed by atoms with E-state index in [9.17, 15) is 4.39 Å². The Bertz CT molecular complexity index is 636. The minimum absolute atomic E-state index is 0.273. The van der Waals surface area contributed by atoms with Crippen LogP contribution < -0.4 is 5.43 Å². The molecule has 1 unspecified atom stereocenters. The Morgan fingerprint density at radius 2 is 2.30 bits per heavy atom. The van der Waals surface area contributed by atoms with Crippen LogP contribution in [0.25, 0.3) is 0 Å². The monoisotopic (exact) mass is 289 g/mol. The van der Waals surface area contributed by atoms with E-state index < -0.39 is 0 Å². The summed E-state index contributed by atoms with van der Waals surface area (Å²) in [5.74, 6) is 0.461. The lowest BCUT2D eigenvalue weighted by molar-refractivity contribution is 0.502. The normalized spacial score (nSPS) is 18.2. The molecule has 1 atom stereocenters. The van der Waals surface area contributed by atoms with Crippen molar-refractivity contribution in [2.24, 2.45) is 11.0 Å². The first kappa shape index (κ1) is 13.2. The molecule has 0 bridgehead atoms. The molecule has 3 nitrogen and oxygen atoms in total. The van der Waals surface area contributed by atoms with Crippen molar-refractivity contribution in [3.63, 3.8) is 0 Å². The zero-order chi connectivity index (χ0) is 13.9. The van der Waals surface area contributed by atoms with Gasteiger partial charge in [0, 0.05) is 10.4 Å². The molecule has 1 N–H and O–H groups in total. The van der Waals surface area contributed by atoms with E-state index in [4.69, 9.17) is 0 Å². The maximum absolute atomic E-state index is 13.4. The molecule has 20 heavy (non-hydrogen) atoms. The molecule has 0 saturated carbocycles. The third-order valence-corrected chi connectivity index (χ3v) is 4.48. The van der Waals surface area contributed by atoms with Gasteiger partial charge in [-0.25, -0.2) is 9.37 Å². The fourth-order valence-corrected chi connectivity index (χ4v) is 3.45. The van der Waals surface area contributed by atoms with E-state index in [0.717, 1.165) is 23.9 Å². The average molecular weight is 289 g/mol. The van der Waals surface area contributed by atoms with Crippen LogP contribution in [0.4, 0.5) is 9.52 Å². The molecular formula is C15H16FN3S. The number of aromatic nitrogens is 1. The zero-order valence-corrected chi connectivity index (χ0v) is 12.1. The van der Waals surface area contributed by atoms with E-state index in [1.54, 1.807) is 29.5 Å². The van der Waals surface area contributed by atoms with Crippen LogP contribution in [0.1, 0.15) is 29.5 Å². The molecule has 3 rings (SSSR count). The minimum Gasteiger partial charge on any atom is -0.253 e. The van der Waals surface area contributed by atoms with Crippen LogP contribution in [0.15, 0.2) is 29.4 Å². The van der Waals surface area contributed by atoms with Crippen molar-refractivity contribution in [1.82, 2.24) is 4.98 Å². The van der Waals surface area contributed by atoms with Gasteiger partial charge in [-0.3, -0.25) is 5.43 Å². The van der Waals surface area contributed by atoms with Crippen LogP contribution in [-0.4, -0.2) is 11.2 Å². The van der Waals surface area contributed by atoms with Gasteiger partial charge < -0.3 is 0 Å². The average Bonchev–Trinajstić information content (AvgIpc) is 2.83. The summed E-state index contributed by atoms with van der Waals surface area (Å²) in [6, 6.07) is 6.56. The van der Waals surface area contributed by atoms with Gasteiger partial charge in [-0.15, -0.1) is 11.3 Å². The summed E-state index contributed by atoms with van der Waals surface area (Å²) in [7, 11) is 0. The first-order valence-corrected chi connectivity index (χ1v) is 7.56. The SMILES string of the molecule is CC1CCc2nc(NN=Cc3ccccc3F)sc2C1. The van der Waals surface area contributed by atoms with Crippen molar-refractivity contribution in [3.8, 4) is 0 Å². The molecule has 0 radical (unpaired) electrons. The van der Waals surface area contributed by atoms with Crippen molar-refractivity contribution < 1.29 is 4.39 Å². The lowest BCUT2D eigenvalue weighted by Crippen LogP contribution is -2.09. The van der Waals surface area contributed by atoms with E-state index in [2.05, 4.69) is 22.4 Å². The number of benzene rings is 1. The number of hydrogen-bond donors (Lipinski definition) is 1. The van der Waals surface area contributed by atoms with Gasteiger partial charge in [-0.1, -0.05) is 25.1 Å². The van der Waals surface area contributed by atoms with Crippen molar-refractivity contribution >= 4 is 22.7 Å². The maximum atomic E-state index is 13.4. The molecule has 0 saturated heterocycles. The Kier molecular flexibility index (Phi) is 3.78. The van der Waals surface area contributed by atoms with Crippen LogP contribution >= 0.6 is 11.3 Å². The minimum atomic E-state index is -0.273. The van der Waals surface area contributed by atoms with Gasteiger partial charge in [-0.2, -0.15) is 5.10 Å². The molecule has 0 fully saturated rings. The number of nitrogens with zero attached hydrogens (tertiary/aromatic N) is 2. The van der Waals surface area contributed by atoms with E-state index in [-0.39, 0.29) is 5.82 Å². The van der Waals surface area contributed by atoms with Gasteiger partial charge in [-0.05, 0) is 31.2 Å². The molecular weight excluding hydrogens is 273 g/mol. The van der Waals surface area contributed by atoms with Gasteiger partial charge >= 0.3 is 0 Å². The van der Waals surface area contributed by atoms with Crippen LogP contribution in [0, 0.1) is 11.7 Å². The number of hydrazone groups is 1. The Hall–Kier alpha value is -1.75. The van der Waals surface area contributed by atoms with E-state index in [1.165, 1.54) is 29.3 Å².